The number of aliphatic hydroxyl groups excluding tert-OH is 1. The number of aliphatic hydroxyl groups is 1. The number of hydrogen-bond donors (Lipinski definition) is 3. The van der Waals surface area contributed by atoms with Gasteiger partial charge in [-0.1, -0.05) is 42.5 Å². The molecule has 2 unspecified atom stereocenters. The average molecular weight is 287 g/mol. The molecule has 2 aromatic rings. The molecule has 2 rings (SSSR count). The van der Waals surface area contributed by atoms with Crippen molar-refractivity contribution >= 4 is 0 Å². The number of rotatable bonds is 6. The van der Waals surface area contributed by atoms with Gasteiger partial charge in [0.1, 0.15) is 0 Å². The Morgan fingerprint density at radius 2 is 1.81 bits per heavy atom. The number of para-hydroxylation sites is 1. The van der Waals surface area contributed by atoms with Gasteiger partial charge < -0.3 is 20.3 Å². The Morgan fingerprint density at radius 1 is 1.10 bits per heavy atom. The SMILES string of the molecule is COc1cccc(CNC(C)C(O)c2ccccc2)c1O. The van der Waals surface area contributed by atoms with Gasteiger partial charge in [-0.25, -0.2) is 0 Å². The third kappa shape index (κ3) is 3.74. The molecule has 0 radical (unpaired) electrons. The van der Waals surface area contributed by atoms with E-state index in [0.717, 1.165) is 11.1 Å². The molecule has 4 nitrogen and oxygen atoms in total. The van der Waals surface area contributed by atoms with Crippen molar-refractivity contribution in [1.82, 2.24) is 5.32 Å². The van der Waals surface area contributed by atoms with E-state index >= 15 is 0 Å². The van der Waals surface area contributed by atoms with Gasteiger partial charge in [-0.3, -0.25) is 0 Å². The lowest BCUT2D eigenvalue weighted by Crippen LogP contribution is -2.31. The topological polar surface area (TPSA) is 61.7 Å². The van der Waals surface area contributed by atoms with Crippen LogP contribution in [0.3, 0.4) is 0 Å². The average Bonchev–Trinajstić information content (AvgIpc) is 2.53. The summed E-state index contributed by atoms with van der Waals surface area (Å²) in [7, 11) is 1.52. The summed E-state index contributed by atoms with van der Waals surface area (Å²) >= 11 is 0. The zero-order valence-electron chi connectivity index (χ0n) is 12.3. The Hall–Kier alpha value is -2.04. The summed E-state index contributed by atoms with van der Waals surface area (Å²) in [5.74, 6) is 0.583. The van der Waals surface area contributed by atoms with Crippen molar-refractivity contribution in [3.8, 4) is 11.5 Å². The first-order valence-electron chi connectivity index (χ1n) is 6.94. The van der Waals surface area contributed by atoms with Crippen LogP contribution in [0.1, 0.15) is 24.2 Å². The van der Waals surface area contributed by atoms with Crippen LogP contribution < -0.4 is 10.1 Å². The quantitative estimate of drug-likeness (QED) is 0.764. The van der Waals surface area contributed by atoms with Crippen molar-refractivity contribution < 1.29 is 14.9 Å². The smallest absolute Gasteiger partial charge is 0.162 e. The van der Waals surface area contributed by atoms with Crippen LogP contribution in [0.25, 0.3) is 0 Å². The lowest BCUT2D eigenvalue weighted by Gasteiger charge is -2.21. The summed E-state index contributed by atoms with van der Waals surface area (Å²) in [6, 6.07) is 14.7. The summed E-state index contributed by atoms with van der Waals surface area (Å²) in [5.41, 5.74) is 1.61. The highest BCUT2D eigenvalue weighted by Gasteiger charge is 2.16. The largest absolute Gasteiger partial charge is 0.504 e. The molecule has 0 aromatic heterocycles. The van der Waals surface area contributed by atoms with Crippen LogP contribution >= 0.6 is 0 Å². The molecule has 0 aliphatic rings. The first kappa shape index (κ1) is 15.4. The van der Waals surface area contributed by atoms with E-state index in [1.54, 1.807) is 6.07 Å². The van der Waals surface area contributed by atoms with E-state index in [2.05, 4.69) is 5.32 Å². The number of phenols is 1. The van der Waals surface area contributed by atoms with Gasteiger partial charge in [0, 0.05) is 18.2 Å². The van der Waals surface area contributed by atoms with Crippen LogP contribution in [-0.2, 0) is 6.54 Å². The maximum absolute atomic E-state index is 10.3. The second kappa shape index (κ2) is 7.11. The Morgan fingerprint density at radius 3 is 2.48 bits per heavy atom. The van der Waals surface area contributed by atoms with Gasteiger partial charge >= 0.3 is 0 Å². The Balaban J connectivity index is 2.00. The van der Waals surface area contributed by atoms with Crippen LogP contribution in [0.5, 0.6) is 11.5 Å². The van der Waals surface area contributed by atoms with Crippen molar-refractivity contribution in [2.45, 2.75) is 25.6 Å². The highest BCUT2D eigenvalue weighted by atomic mass is 16.5. The fourth-order valence-electron chi connectivity index (χ4n) is 2.20. The third-order valence-electron chi connectivity index (χ3n) is 3.53. The van der Waals surface area contributed by atoms with Crippen LogP contribution in [0, 0.1) is 0 Å². The van der Waals surface area contributed by atoms with Crippen molar-refractivity contribution in [3.05, 3.63) is 59.7 Å². The number of hydrogen-bond acceptors (Lipinski definition) is 4. The predicted molar refractivity (Wildman–Crippen MR) is 82.4 cm³/mol. The molecular formula is C17H21NO3. The molecule has 0 saturated heterocycles. The highest BCUT2D eigenvalue weighted by molar-refractivity contribution is 5.45. The van der Waals surface area contributed by atoms with E-state index in [4.69, 9.17) is 4.74 Å². The van der Waals surface area contributed by atoms with Crippen LogP contribution in [0.2, 0.25) is 0 Å². The second-order valence-electron chi connectivity index (χ2n) is 4.99. The molecular weight excluding hydrogens is 266 g/mol. The Bertz CT molecular complexity index is 572. The summed E-state index contributed by atoms with van der Waals surface area (Å²) in [5, 5.41) is 23.5. The number of methoxy groups -OCH3 is 1. The molecule has 3 N–H and O–H groups in total. The predicted octanol–water partition coefficient (Wildman–Crippen LogP) is 2.61. The van der Waals surface area contributed by atoms with Crippen molar-refractivity contribution in [1.29, 1.82) is 0 Å². The fourth-order valence-corrected chi connectivity index (χ4v) is 2.20. The van der Waals surface area contributed by atoms with E-state index in [1.807, 2.05) is 49.4 Å². The van der Waals surface area contributed by atoms with Crippen LogP contribution in [0.15, 0.2) is 48.5 Å². The molecule has 0 amide bonds. The molecule has 112 valence electrons. The van der Waals surface area contributed by atoms with Crippen molar-refractivity contribution in [2.75, 3.05) is 7.11 Å². The molecule has 0 fully saturated rings. The first-order chi connectivity index (χ1) is 10.1. The molecule has 0 spiro atoms. The van der Waals surface area contributed by atoms with Crippen molar-refractivity contribution in [3.63, 3.8) is 0 Å². The van der Waals surface area contributed by atoms with Gasteiger partial charge in [0.25, 0.3) is 0 Å². The summed E-state index contributed by atoms with van der Waals surface area (Å²) in [6.45, 7) is 2.36. The molecule has 0 aliphatic heterocycles. The third-order valence-corrected chi connectivity index (χ3v) is 3.53. The zero-order valence-corrected chi connectivity index (χ0v) is 12.3. The molecule has 0 aliphatic carbocycles. The van der Waals surface area contributed by atoms with Gasteiger partial charge in [-0.05, 0) is 18.6 Å². The number of benzene rings is 2. The molecule has 2 aromatic carbocycles. The first-order valence-corrected chi connectivity index (χ1v) is 6.94. The molecule has 0 saturated carbocycles. The summed E-state index contributed by atoms with van der Waals surface area (Å²) in [6.07, 6.45) is -0.598. The van der Waals surface area contributed by atoms with Crippen molar-refractivity contribution in [2.24, 2.45) is 0 Å². The van der Waals surface area contributed by atoms with E-state index in [9.17, 15) is 10.2 Å². The van der Waals surface area contributed by atoms with Crippen LogP contribution in [-0.4, -0.2) is 23.4 Å². The Labute approximate surface area is 125 Å². The number of nitrogens with one attached hydrogen (secondary N) is 1. The minimum absolute atomic E-state index is 0.133. The maximum Gasteiger partial charge on any atom is 0.162 e. The summed E-state index contributed by atoms with van der Waals surface area (Å²) < 4.78 is 5.08. The number of phenolic OH excluding ortho intramolecular Hbond substituents is 1. The number of aromatic hydroxyl groups is 1. The molecule has 0 heterocycles. The van der Waals surface area contributed by atoms with Gasteiger partial charge in [-0.2, -0.15) is 0 Å². The minimum atomic E-state index is -0.598. The normalized spacial score (nSPS) is 13.7. The highest BCUT2D eigenvalue weighted by Crippen LogP contribution is 2.29. The van der Waals surface area contributed by atoms with E-state index in [0.29, 0.717) is 12.3 Å². The monoisotopic (exact) mass is 287 g/mol. The molecule has 21 heavy (non-hydrogen) atoms. The Kier molecular flexibility index (Phi) is 5.20. The van der Waals surface area contributed by atoms with E-state index < -0.39 is 6.10 Å². The van der Waals surface area contributed by atoms with Gasteiger partial charge in [0.2, 0.25) is 0 Å². The second-order valence-corrected chi connectivity index (χ2v) is 4.99. The molecule has 2 atom stereocenters. The molecule has 0 bridgehead atoms. The maximum atomic E-state index is 10.3. The van der Waals surface area contributed by atoms with Crippen LogP contribution in [0.4, 0.5) is 0 Å². The van der Waals surface area contributed by atoms with E-state index in [1.165, 1.54) is 7.11 Å². The number of ether oxygens (including phenoxy) is 1. The van der Waals surface area contributed by atoms with Gasteiger partial charge in [0.15, 0.2) is 11.5 Å². The fraction of sp³-hybridized carbons (Fsp3) is 0.294. The zero-order chi connectivity index (χ0) is 15.2. The van der Waals surface area contributed by atoms with E-state index in [-0.39, 0.29) is 11.8 Å². The standard InChI is InChI=1S/C17H21NO3/c1-12(16(19)13-7-4-3-5-8-13)18-11-14-9-6-10-15(21-2)17(14)20/h3-10,12,16,18-20H,11H2,1-2H3. The van der Waals surface area contributed by atoms with Gasteiger partial charge in [0.05, 0.1) is 13.2 Å². The lowest BCUT2D eigenvalue weighted by atomic mass is 10.0. The summed E-state index contributed by atoms with van der Waals surface area (Å²) in [4.78, 5) is 0. The van der Waals surface area contributed by atoms with Gasteiger partial charge in [-0.15, -0.1) is 0 Å². The molecule has 4 heteroatoms. The minimum Gasteiger partial charge on any atom is -0.504 e. The lowest BCUT2D eigenvalue weighted by molar-refractivity contribution is 0.135.